The van der Waals surface area contributed by atoms with Gasteiger partial charge in [-0.25, -0.2) is 0 Å². The van der Waals surface area contributed by atoms with E-state index in [4.69, 9.17) is 4.74 Å². The molecule has 0 saturated heterocycles. The molecule has 1 N–H and O–H groups in total. The molecule has 1 rings (SSSR count). The fourth-order valence-corrected chi connectivity index (χ4v) is 1.29. The van der Waals surface area contributed by atoms with E-state index in [2.05, 4.69) is 10.4 Å². The quantitative estimate of drug-likeness (QED) is 0.732. The number of carbonyl (C=O) groups is 1. The molecule has 1 unspecified atom stereocenters. The summed E-state index contributed by atoms with van der Waals surface area (Å²) in [4.78, 5) is 11.3. The lowest BCUT2D eigenvalue weighted by Gasteiger charge is -2.11. The topological polar surface area (TPSA) is 56.1 Å². The number of nitrogens with zero attached hydrogens (tertiary/aromatic N) is 2. The monoisotopic (exact) mass is 225 g/mol. The summed E-state index contributed by atoms with van der Waals surface area (Å²) in [7, 11) is 0. The van der Waals surface area contributed by atoms with E-state index in [1.165, 1.54) is 0 Å². The SMILES string of the molecule is CCOC(=O)C(C)NCc1cnn(CC)c1. The number of esters is 1. The maximum atomic E-state index is 11.3. The minimum absolute atomic E-state index is 0.217. The van der Waals surface area contributed by atoms with Crippen LogP contribution in [-0.2, 0) is 22.6 Å². The summed E-state index contributed by atoms with van der Waals surface area (Å²) < 4.78 is 6.75. The lowest BCUT2D eigenvalue weighted by atomic mass is 10.3. The summed E-state index contributed by atoms with van der Waals surface area (Å²) >= 11 is 0. The van der Waals surface area contributed by atoms with Crippen LogP contribution in [0.2, 0.25) is 0 Å². The first-order valence-electron chi connectivity index (χ1n) is 5.58. The molecule has 0 aliphatic rings. The predicted octanol–water partition coefficient (Wildman–Crippen LogP) is 0.944. The second-order valence-corrected chi connectivity index (χ2v) is 3.56. The van der Waals surface area contributed by atoms with E-state index in [0.29, 0.717) is 13.2 Å². The highest BCUT2D eigenvalue weighted by molar-refractivity contribution is 5.75. The molecule has 0 amide bonds. The highest BCUT2D eigenvalue weighted by Crippen LogP contribution is 1.98. The highest BCUT2D eigenvalue weighted by Gasteiger charge is 2.12. The van der Waals surface area contributed by atoms with Crippen molar-refractivity contribution in [2.45, 2.75) is 39.9 Å². The molecule has 1 aromatic rings. The summed E-state index contributed by atoms with van der Waals surface area (Å²) in [5.74, 6) is -0.217. The second-order valence-electron chi connectivity index (χ2n) is 3.56. The Morgan fingerprint density at radius 3 is 2.94 bits per heavy atom. The van der Waals surface area contributed by atoms with Crippen molar-refractivity contribution in [3.05, 3.63) is 18.0 Å². The van der Waals surface area contributed by atoms with Gasteiger partial charge in [-0.3, -0.25) is 9.48 Å². The number of aromatic nitrogens is 2. The molecule has 1 aromatic heterocycles. The molecule has 1 heterocycles. The number of hydrogen-bond donors (Lipinski definition) is 1. The Kier molecular flexibility index (Phi) is 4.98. The maximum absolute atomic E-state index is 11.3. The van der Waals surface area contributed by atoms with Crippen molar-refractivity contribution in [1.29, 1.82) is 0 Å². The largest absolute Gasteiger partial charge is 0.465 e. The van der Waals surface area contributed by atoms with Crippen LogP contribution in [0.15, 0.2) is 12.4 Å². The summed E-state index contributed by atoms with van der Waals surface area (Å²) in [6.45, 7) is 7.52. The molecule has 0 saturated carbocycles. The Bertz CT molecular complexity index is 336. The predicted molar refractivity (Wildman–Crippen MR) is 60.8 cm³/mol. The minimum atomic E-state index is -0.287. The van der Waals surface area contributed by atoms with Gasteiger partial charge in [-0.15, -0.1) is 0 Å². The zero-order valence-electron chi connectivity index (χ0n) is 10.1. The third-order valence-corrected chi connectivity index (χ3v) is 2.26. The number of rotatable bonds is 6. The lowest BCUT2D eigenvalue weighted by Crippen LogP contribution is -2.34. The molecule has 5 nitrogen and oxygen atoms in total. The Morgan fingerprint density at radius 1 is 1.62 bits per heavy atom. The smallest absolute Gasteiger partial charge is 0.322 e. The van der Waals surface area contributed by atoms with Gasteiger partial charge in [-0.05, 0) is 20.8 Å². The van der Waals surface area contributed by atoms with Gasteiger partial charge in [0.15, 0.2) is 0 Å². The Morgan fingerprint density at radius 2 is 2.38 bits per heavy atom. The Hall–Kier alpha value is -1.36. The van der Waals surface area contributed by atoms with Crippen molar-refractivity contribution in [3.8, 4) is 0 Å². The van der Waals surface area contributed by atoms with Gasteiger partial charge in [0.05, 0.1) is 12.8 Å². The molecule has 1 atom stereocenters. The summed E-state index contributed by atoms with van der Waals surface area (Å²) in [5, 5.41) is 7.25. The molecule has 0 aromatic carbocycles. The molecule has 0 bridgehead atoms. The Labute approximate surface area is 95.8 Å². The first kappa shape index (κ1) is 12.7. The molecule has 0 aliphatic heterocycles. The van der Waals surface area contributed by atoms with Gasteiger partial charge in [0.25, 0.3) is 0 Å². The number of nitrogens with one attached hydrogen (secondary N) is 1. The molecular formula is C11H19N3O2. The van der Waals surface area contributed by atoms with Crippen LogP contribution in [0.1, 0.15) is 26.3 Å². The van der Waals surface area contributed by atoms with Crippen LogP contribution >= 0.6 is 0 Å². The van der Waals surface area contributed by atoms with Crippen LogP contribution in [0.4, 0.5) is 0 Å². The average molecular weight is 225 g/mol. The molecular weight excluding hydrogens is 206 g/mol. The zero-order chi connectivity index (χ0) is 12.0. The average Bonchev–Trinajstić information content (AvgIpc) is 2.74. The number of aryl methyl sites for hydroxylation is 1. The Balaban J connectivity index is 2.36. The van der Waals surface area contributed by atoms with Gasteiger partial charge in [0.1, 0.15) is 6.04 Å². The van der Waals surface area contributed by atoms with Gasteiger partial charge < -0.3 is 10.1 Å². The van der Waals surface area contributed by atoms with E-state index in [0.717, 1.165) is 12.1 Å². The third-order valence-electron chi connectivity index (χ3n) is 2.26. The van der Waals surface area contributed by atoms with E-state index in [-0.39, 0.29) is 12.0 Å². The van der Waals surface area contributed by atoms with Gasteiger partial charge in [0.2, 0.25) is 0 Å². The van der Waals surface area contributed by atoms with Gasteiger partial charge in [-0.2, -0.15) is 5.10 Å². The number of ether oxygens (including phenoxy) is 1. The van der Waals surface area contributed by atoms with Crippen molar-refractivity contribution in [3.63, 3.8) is 0 Å². The molecule has 0 fully saturated rings. The van der Waals surface area contributed by atoms with E-state index in [1.807, 2.05) is 17.8 Å². The van der Waals surface area contributed by atoms with Crippen LogP contribution in [0, 0.1) is 0 Å². The standard InChI is InChI=1S/C11H19N3O2/c1-4-14-8-10(7-13-14)6-12-9(3)11(15)16-5-2/h7-9,12H,4-6H2,1-3H3. The summed E-state index contributed by atoms with van der Waals surface area (Å²) in [6, 6.07) is -0.287. The zero-order valence-corrected chi connectivity index (χ0v) is 10.1. The third kappa shape index (κ3) is 3.66. The number of carbonyl (C=O) groups excluding carboxylic acids is 1. The fraction of sp³-hybridized carbons (Fsp3) is 0.636. The summed E-state index contributed by atoms with van der Waals surface area (Å²) in [6.07, 6.45) is 3.76. The first-order chi connectivity index (χ1) is 7.67. The molecule has 0 radical (unpaired) electrons. The van der Waals surface area contributed by atoms with E-state index in [1.54, 1.807) is 20.0 Å². The highest BCUT2D eigenvalue weighted by atomic mass is 16.5. The molecule has 16 heavy (non-hydrogen) atoms. The van der Waals surface area contributed by atoms with Crippen molar-refractivity contribution in [2.24, 2.45) is 0 Å². The van der Waals surface area contributed by atoms with Crippen LogP contribution in [0.5, 0.6) is 0 Å². The van der Waals surface area contributed by atoms with Crippen molar-refractivity contribution in [1.82, 2.24) is 15.1 Å². The lowest BCUT2D eigenvalue weighted by molar-refractivity contribution is -0.145. The van der Waals surface area contributed by atoms with Crippen LogP contribution in [0.3, 0.4) is 0 Å². The van der Waals surface area contributed by atoms with Crippen molar-refractivity contribution in [2.75, 3.05) is 6.61 Å². The molecule has 0 aliphatic carbocycles. The fourth-order valence-electron chi connectivity index (χ4n) is 1.29. The van der Waals surface area contributed by atoms with Gasteiger partial charge in [-0.1, -0.05) is 0 Å². The van der Waals surface area contributed by atoms with E-state index in [9.17, 15) is 4.79 Å². The van der Waals surface area contributed by atoms with E-state index >= 15 is 0 Å². The van der Waals surface area contributed by atoms with Gasteiger partial charge >= 0.3 is 5.97 Å². The second kappa shape index (κ2) is 6.27. The first-order valence-corrected chi connectivity index (χ1v) is 5.58. The summed E-state index contributed by atoms with van der Waals surface area (Å²) in [5.41, 5.74) is 1.07. The minimum Gasteiger partial charge on any atom is -0.465 e. The maximum Gasteiger partial charge on any atom is 0.322 e. The van der Waals surface area contributed by atoms with Crippen molar-refractivity contribution >= 4 is 5.97 Å². The van der Waals surface area contributed by atoms with E-state index < -0.39 is 0 Å². The van der Waals surface area contributed by atoms with Crippen molar-refractivity contribution < 1.29 is 9.53 Å². The van der Waals surface area contributed by atoms with Crippen LogP contribution < -0.4 is 5.32 Å². The van der Waals surface area contributed by atoms with Crippen LogP contribution in [-0.4, -0.2) is 28.4 Å². The normalized spacial score (nSPS) is 12.4. The number of hydrogen-bond acceptors (Lipinski definition) is 4. The molecule has 0 spiro atoms. The molecule has 5 heteroatoms. The molecule has 90 valence electrons. The van der Waals surface area contributed by atoms with Gasteiger partial charge in [0, 0.05) is 24.8 Å². The van der Waals surface area contributed by atoms with Crippen LogP contribution in [0.25, 0.3) is 0 Å².